The molecular weight excluding hydrogens is 335 g/mol. The van der Waals surface area contributed by atoms with Gasteiger partial charge in [0, 0.05) is 16.1 Å². The third-order valence-electron chi connectivity index (χ3n) is 2.96. The van der Waals surface area contributed by atoms with E-state index in [-0.39, 0.29) is 11.2 Å². The van der Waals surface area contributed by atoms with Crippen LogP contribution in [-0.2, 0) is 5.41 Å². The third kappa shape index (κ3) is 3.30. The predicted molar refractivity (Wildman–Crippen MR) is 75.2 cm³/mol. The van der Waals surface area contributed by atoms with Crippen molar-refractivity contribution in [2.45, 2.75) is 31.6 Å². The molecule has 0 aliphatic rings. The van der Waals surface area contributed by atoms with Crippen molar-refractivity contribution in [1.82, 2.24) is 0 Å². The number of alkyl halides is 2. The van der Waals surface area contributed by atoms with E-state index in [2.05, 4.69) is 38.8 Å². The van der Waals surface area contributed by atoms with Crippen molar-refractivity contribution in [2.24, 2.45) is 0 Å². The summed E-state index contributed by atoms with van der Waals surface area (Å²) in [4.78, 5) is 0. The molecule has 0 N–H and O–H groups in total. The average Bonchev–Trinajstić information content (AvgIpc) is 2.31. The highest BCUT2D eigenvalue weighted by atomic mass is 79.9. The standard InChI is InChI=1S/C13H17Br2F/c1-2-3-7-13(9-14,10-15)11-5-4-6-12(16)8-11/h4-6,8H,2-3,7,9-10H2,1H3. The van der Waals surface area contributed by atoms with Crippen LogP contribution in [0.5, 0.6) is 0 Å². The Bertz CT molecular complexity index is 321. The molecule has 0 unspecified atom stereocenters. The molecule has 0 aliphatic carbocycles. The molecule has 90 valence electrons. The van der Waals surface area contributed by atoms with Crippen molar-refractivity contribution >= 4 is 31.9 Å². The van der Waals surface area contributed by atoms with Crippen molar-refractivity contribution in [3.8, 4) is 0 Å². The normalized spacial score (nSPS) is 11.8. The number of benzene rings is 1. The molecule has 0 bridgehead atoms. The van der Waals surface area contributed by atoms with Gasteiger partial charge in [-0.15, -0.1) is 0 Å². The highest BCUT2D eigenvalue weighted by Crippen LogP contribution is 2.34. The van der Waals surface area contributed by atoms with Gasteiger partial charge >= 0.3 is 0 Å². The maximum atomic E-state index is 13.3. The first-order chi connectivity index (χ1) is 7.68. The summed E-state index contributed by atoms with van der Waals surface area (Å²) in [5.74, 6) is -0.153. The van der Waals surface area contributed by atoms with Gasteiger partial charge in [0.25, 0.3) is 0 Å². The highest BCUT2D eigenvalue weighted by molar-refractivity contribution is 9.09. The van der Waals surface area contributed by atoms with Gasteiger partial charge < -0.3 is 0 Å². The molecular formula is C13H17Br2F. The summed E-state index contributed by atoms with van der Waals surface area (Å²) < 4.78 is 13.3. The van der Waals surface area contributed by atoms with Gasteiger partial charge in [-0.1, -0.05) is 63.8 Å². The Kier molecular flexibility index (Phi) is 5.98. The van der Waals surface area contributed by atoms with E-state index in [4.69, 9.17) is 0 Å². The lowest BCUT2D eigenvalue weighted by molar-refractivity contribution is 0.476. The molecule has 0 nitrogen and oxygen atoms in total. The molecule has 1 rings (SSSR count). The van der Waals surface area contributed by atoms with E-state index in [0.29, 0.717) is 0 Å². The topological polar surface area (TPSA) is 0 Å². The minimum atomic E-state index is -0.153. The molecule has 0 saturated carbocycles. The van der Waals surface area contributed by atoms with Crippen LogP contribution in [0.25, 0.3) is 0 Å². The van der Waals surface area contributed by atoms with Crippen molar-refractivity contribution in [1.29, 1.82) is 0 Å². The van der Waals surface area contributed by atoms with E-state index in [1.165, 1.54) is 6.07 Å². The van der Waals surface area contributed by atoms with Gasteiger partial charge in [0.1, 0.15) is 5.82 Å². The van der Waals surface area contributed by atoms with Crippen LogP contribution < -0.4 is 0 Å². The van der Waals surface area contributed by atoms with Crippen LogP contribution in [0.2, 0.25) is 0 Å². The van der Waals surface area contributed by atoms with E-state index in [0.717, 1.165) is 35.5 Å². The molecule has 0 saturated heterocycles. The molecule has 0 aromatic heterocycles. The smallest absolute Gasteiger partial charge is 0.123 e. The molecule has 0 fully saturated rings. The van der Waals surface area contributed by atoms with E-state index in [9.17, 15) is 4.39 Å². The van der Waals surface area contributed by atoms with Crippen LogP contribution in [-0.4, -0.2) is 10.7 Å². The Balaban J connectivity index is 2.99. The lowest BCUT2D eigenvalue weighted by atomic mass is 9.80. The van der Waals surface area contributed by atoms with Gasteiger partial charge in [0.2, 0.25) is 0 Å². The van der Waals surface area contributed by atoms with Gasteiger partial charge in [-0.3, -0.25) is 0 Å². The zero-order valence-corrected chi connectivity index (χ0v) is 12.7. The first-order valence-electron chi connectivity index (χ1n) is 5.56. The van der Waals surface area contributed by atoms with Gasteiger partial charge in [-0.05, 0) is 24.1 Å². The molecule has 0 atom stereocenters. The molecule has 0 spiro atoms. The second kappa shape index (κ2) is 6.75. The second-order valence-electron chi connectivity index (χ2n) is 4.16. The minimum Gasteiger partial charge on any atom is -0.207 e. The first kappa shape index (κ1) is 14.2. The summed E-state index contributed by atoms with van der Waals surface area (Å²) in [5.41, 5.74) is 1.09. The van der Waals surface area contributed by atoms with E-state index in [1.54, 1.807) is 12.1 Å². The fourth-order valence-electron chi connectivity index (χ4n) is 1.80. The quantitative estimate of drug-likeness (QED) is 0.629. The average molecular weight is 352 g/mol. The Morgan fingerprint density at radius 1 is 1.25 bits per heavy atom. The second-order valence-corrected chi connectivity index (χ2v) is 5.28. The summed E-state index contributed by atoms with van der Waals surface area (Å²) >= 11 is 7.14. The number of hydrogen-bond acceptors (Lipinski definition) is 0. The number of hydrogen-bond donors (Lipinski definition) is 0. The zero-order chi connectivity index (χ0) is 12.0. The van der Waals surface area contributed by atoms with Gasteiger partial charge in [0.05, 0.1) is 0 Å². The molecule has 0 amide bonds. The van der Waals surface area contributed by atoms with Crippen LogP contribution in [0.4, 0.5) is 4.39 Å². The van der Waals surface area contributed by atoms with E-state index in [1.807, 2.05) is 6.07 Å². The Morgan fingerprint density at radius 2 is 1.94 bits per heavy atom. The lowest BCUT2D eigenvalue weighted by Crippen LogP contribution is -2.30. The summed E-state index contributed by atoms with van der Waals surface area (Å²) in [6.45, 7) is 2.18. The molecule has 3 heteroatoms. The van der Waals surface area contributed by atoms with Crippen molar-refractivity contribution in [3.05, 3.63) is 35.6 Å². The van der Waals surface area contributed by atoms with Gasteiger partial charge in [-0.25, -0.2) is 4.39 Å². The molecule has 1 aromatic carbocycles. The van der Waals surface area contributed by atoms with E-state index >= 15 is 0 Å². The predicted octanol–water partition coefficient (Wildman–Crippen LogP) is 5.04. The lowest BCUT2D eigenvalue weighted by Gasteiger charge is -2.30. The number of unbranched alkanes of at least 4 members (excludes halogenated alkanes) is 1. The Morgan fingerprint density at radius 3 is 2.44 bits per heavy atom. The molecule has 16 heavy (non-hydrogen) atoms. The fourth-order valence-corrected chi connectivity index (χ4v) is 3.94. The zero-order valence-electron chi connectivity index (χ0n) is 9.48. The van der Waals surface area contributed by atoms with Crippen LogP contribution in [0.3, 0.4) is 0 Å². The summed E-state index contributed by atoms with van der Waals surface area (Å²) in [7, 11) is 0. The van der Waals surface area contributed by atoms with Crippen molar-refractivity contribution < 1.29 is 4.39 Å². The molecule has 0 radical (unpaired) electrons. The minimum absolute atomic E-state index is 0.0120. The van der Waals surface area contributed by atoms with Crippen LogP contribution >= 0.6 is 31.9 Å². The molecule has 0 heterocycles. The largest absolute Gasteiger partial charge is 0.207 e. The van der Waals surface area contributed by atoms with Crippen molar-refractivity contribution in [3.63, 3.8) is 0 Å². The monoisotopic (exact) mass is 350 g/mol. The van der Waals surface area contributed by atoms with Crippen LogP contribution in [0.1, 0.15) is 31.7 Å². The summed E-state index contributed by atoms with van der Waals surface area (Å²) in [6, 6.07) is 6.95. The maximum absolute atomic E-state index is 13.3. The Labute approximate surface area is 114 Å². The molecule has 0 aliphatic heterocycles. The molecule has 1 aromatic rings. The van der Waals surface area contributed by atoms with Gasteiger partial charge in [0.15, 0.2) is 0 Å². The number of rotatable bonds is 6. The SMILES string of the molecule is CCCCC(CBr)(CBr)c1cccc(F)c1. The first-order valence-corrected chi connectivity index (χ1v) is 7.81. The Hall–Kier alpha value is 0.110. The number of halogens is 3. The fraction of sp³-hybridized carbons (Fsp3) is 0.538. The third-order valence-corrected chi connectivity index (χ3v) is 5.10. The van der Waals surface area contributed by atoms with Gasteiger partial charge in [-0.2, -0.15) is 0 Å². The van der Waals surface area contributed by atoms with E-state index < -0.39 is 0 Å². The van der Waals surface area contributed by atoms with Crippen LogP contribution in [0.15, 0.2) is 24.3 Å². The maximum Gasteiger partial charge on any atom is 0.123 e. The highest BCUT2D eigenvalue weighted by Gasteiger charge is 2.29. The van der Waals surface area contributed by atoms with Crippen LogP contribution in [0, 0.1) is 5.82 Å². The van der Waals surface area contributed by atoms with Crippen molar-refractivity contribution in [2.75, 3.05) is 10.7 Å². The summed E-state index contributed by atoms with van der Waals surface area (Å²) in [6.07, 6.45) is 3.40. The summed E-state index contributed by atoms with van der Waals surface area (Å²) in [5, 5.41) is 1.71.